The van der Waals surface area contributed by atoms with Crippen LogP contribution in [-0.4, -0.2) is 53.0 Å². The zero-order chi connectivity index (χ0) is 19.6. The van der Waals surface area contributed by atoms with Crippen molar-refractivity contribution in [2.75, 3.05) is 37.4 Å². The Labute approximate surface area is 161 Å². The molecule has 2 heterocycles. The van der Waals surface area contributed by atoms with Crippen LogP contribution in [0.1, 0.15) is 12.8 Å². The largest absolute Gasteiger partial charge is 0.353 e. The number of nitrogens with zero attached hydrogens (tertiary/aromatic N) is 5. The highest BCUT2D eigenvalue weighted by Crippen LogP contribution is 2.35. The van der Waals surface area contributed by atoms with E-state index >= 15 is 0 Å². The summed E-state index contributed by atoms with van der Waals surface area (Å²) in [5.74, 6) is -0.283. The lowest BCUT2D eigenvalue weighted by Gasteiger charge is -2.35. The molecule has 10 heteroatoms. The molecule has 0 bridgehead atoms. The Morgan fingerprint density at radius 3 is 2.70 bits per heavy atom. The topological polar surface area (TPSA) is 87.4 Å². The summed E-state index contributed by atoms with van der Waals surface area (Å²) in [6.45, 7) is 1.85. The number of nitro groups is 1. The van der Waals surface area contributed by atoms with E-state index in [4.69, 9.17) is 11.6 Å². The minimum absolute atomic E-state index is 0.0347. The molecule has 0 aliphatic carbocycles. The SMILES string of the molecule is CN1CCC(N(C)c2ncnc(Nc3ccc(F)c(Cl)c3)c2[N+](=O)[O-])CC1. The van der Waals surface area contributed by atoms with Crippen molar-refractivity contribution < 1.29 is 9.31 Å². The molecule has 0 radical (unpaired) electrons. The lowest BCUT2D eigenvalue weighted by molar-refractivity contribution is -0.383. The van der Waals surface area contributed by atoms with Crippen LogP contribution in [0.25, 0.3) is 0 Å². The molecule has 0 amide bonds. The maximum atomic E-state index is 13.3. The summed E-state index contributed by atoms with van der Waals surface area (Å²) >= 11 is 5.78. The first kappa shape index (κ1) is 19.2. The van der Waals surface area contributed by atoms with Gasteiger partial charge in [0.2, 0.25) is 11.6 Å². The molecule has 0 atom stereocenters. The fourth-order valence-electron chi connectivity index (χ4n) is 3.15. The van der Waals surface area contributed by atoms with Crippen molar-refractivity contribution in [3.8, 4) is 0 Å². The highest BCUT2D eigenvalue weighted by Gasteiger charge is 2.30. The highest BCUT2D eigenvalue weighted by atomic mass is 35.5. The predicted octanol–water partition coefficient (Wildman–Crippen LogP) is 3.45. The van der Waals surface area contributed by atoms with Gasteiger partial charge in [0.1, 0.15) is 12.1 Å². The molecule has 1 aromatic heterocycles. The van der Waals surface area contributed by atoms with E-state index in [-0.39, 0.29) is 28.4 Å². The third kappa shape index (κ3) is 4.25. The second-order valence-corrected chi connectivity index (χ2v) is 6.96. The van der Waals surface area contributed by atoms with Gasteiger partial charge < -0.3 is 15.1 Å². The van der Waals surface area contributed by atoms with E-state index < -0.39 is 10.7 Å². The molecule has 8 nitrogen and oxygen atoms in total. The molecule has 1 saturated heterocycles. The van der Waals surface area contributed by atoms with E-state index in [0.717, 1.165) is 25.9 Å². The summed E-state index contributed by atoms with van der Waals surface area (Å²) in [6.07, 6.45) is 3.07. The lowest BCUT2D eigenvalue weighted by atomic mass is 10.0. The summed E-state index contributed by atoms with van der Waals surface area (Å²) in [6, 6.07) is 4.13. The van der Waals surface area contributed by atoms with Crippen molar-refractivity contribution in [1.82, 2.24) is 14.9 Å². The second-order valence-electron chi connectivity index (χ2n) is 6.55. The average molecular weight is 395 g/mol. The van der Waals surface area contributed by atoms with Crippen molar-refractivity contribution >= 4 is 34.6 Å². The first-order chi connectivity index (χ1) is 12.9. The molecule has 3 rings (SSSR count). The van der Waals surface area contributed by atoms with Crippen LogP contribution in [0, 0.1) is 15.9 Å². The van der Waals surface area contributed by atoms with Crippen molar-refractivity contribution in [2.45, 2.75) is 18.9 Å². The van der Waals surface area contributed by atoms with Crippen molar-refractivity contribution in [3.63, 3.8) is 0 Å². The summed E-state index contributed by atoms with van der Waals surface area (Å²) in [5.41, 5.74) is 0.176. The third-order valence-electron chi connectivity index (χ3n) is 4.74. The standard InChI is InChI=1S/C17H20ClFN6O2/c1-23-7-5-12(6-8-23)24(2)17-15(25(26)27)16(20-10-21-17)22-11-3-4-14(19)13(18)9-11/h3-4,9-10,12H,5-8H2,1-2H3,(H,20,21,22). The second kappa shape index (κ2) is 8.01. The van der Waals surface area contributed by atoms with E-state index in [1.165, 1.54) is 24.5 Å². The predicted molar refractivity (Wildman–Crippen MR) is 102 cm³/mol. The highest BCUT2D eigenvalue weighted by molar-refractivity contribution is 6.31. The van der Waals surface area contributed by atoms with E-state index in [1.807, 2.05) is 11.9 Å². The maximum Gasteiger partial charge on any atom is 0.353 e. The minimum Gasteiger partial charge on any atom is -0.351 e. The molecule has 0 spiro atoms. The van der Waals surface area contributed by atoms with Crippen LogP contribution in [0.3, 0.4) is 0 Å². The zero-order valence-electron chi connectivity index (χ0n) is 15.0. The van der Waals surface area contributed by atoms with Crippen molar-refractivity contribution in [3.05, 3.63) is 45.5 Å². The number of likely N-dealkylation sites (tertiary alicyclic amines) is 1. The van der Waals surface area contributed by atoms with Gasteiger partial charge in [0, 0.05) is 18.8 Å². The number of anilines is 3. The van der Waals surface area contributed by atoms with Gasteiger partial charge in [-0.15, -0.1) is 0 Å². The van der Waals surface area contributed by atoms with Gasteiger partial charge in [0.05, 0.1) is 9.95 Å². The van der Waals surface area contributed by atoms with Crippen LogP contribution < -0.4 is 10.2 Å². The van der Waals surface area contributed by atoms with Crippen molar-refractivity contribution in [2.24, 2.45) is 0 Å². The quantitative estimate of drug-likeness (QED) is 0.613. The number of aromatic nitrogens is 2. The molecular weight excluding hydrogens is 375 g/mol. The normalized spacial score (nSPS) is 15.6. The number of halogens is 2. The Kier molecular flexibility index (Phi) is 5.71. The van der Waals surface area contributed by atoms with Gasteiger partial charge in [-0.05, 0) is 51.2 Å². The molecule has 2 aromatic rings. The van der Waals surface area contributed by atoms with Crippen LogP contribution in [0.5, 0.6) is 0 Å². The minimum atomic E-state index is -0.568. The summed E-state index contributed by atoms with van der Waals surface area (Å²) < 4.78 is 13.3. The van der Waals surface area contributed by atoms with Crippen LogP contribution in [0.2, 0.25) is 5.02 Å². The molecule has 1 N–H and O–H groups in total. The number of piperidine rings is 1. The Bertz CT molecular complexity index is 844. The Balaban J connectivity index is 1.92. The molecule has 1 aliphatic heterocycles. The first-order valence-electron chi connectivity index (χ1n) is 8.49. The number of benzene rings is 1. The van der Waals surface area contributed by atoms with Gasteiger partial charge in [-0.3, -0.25) is 10.1 Å². The molecule has 1 aromatic carbocycles. The summed E-state index contributed by atoms with van der Waals surface area (Å²) in [4.78, 5) is 23.5. The lowest BCUT2D eigenvalue weighted by Crippen LogP contribution is -2.42. The van der Waals surface area contributed by atoms with E-state index in [1.54, 1.807) is 0 Å². The molecule has 144 valence electrons. The molecule has 0 unspecified atom stereocenters. The summed E-state index contributed by atoms with van der Waals surface area (Å²) in [5, 5.41) is 14.5. The number of rotatable bonds is 5. The fourth-order valence-corrected chi connectivity index (χ4v) is 3.33. The van der Waals surface area contributed by atoms with Gasteiger partial charge >= 0.3 is 5.69 Å². The molecule has 27 heavy (non-hydrogen) atoms. The smallest absolute Gasteiger partial charge is 0.351 e. The number of hydrogen-bond acceptors (Lipinski definition) is 7. The number of nitrogens with one attached hydrogen (secondary N) is 1. The van der Waals surface area contributed by atoms with E-state index in [2.05, 4.69) is 27.2 Å². The van der Waals surface area contributed by atoms with Gasteiger partial charge in [0.25, 0.3) is 0 Å². The van der Waals surface area contributed by atoms with Gasteiger partial charge in [-0.2, -0.15) is 0 Å². The van der Waals surface area contributed by atoms with Crippen LogP contribution in [0.4, 0.5) is 27.4 Å². The van der Waals surface area contributed by atoms with E-state index in [0.29, 0.717) is 5.69 Å². The third-order valence-corrected chi connectivity index (χ3v) is 5.03. The molecular formula is C17H20ClFN6O2. The van der Waals surface area contributed by atoms with Crippen LogP contribution in [0.15, 0.2) is 24.5 Å². The Morgan fingerprint density at radius 1 is 1.37 bits per heavy atom. The van der Waals surface area contributed by atoms with Gasteiger partial charge in [0.15, 0.2) is 0 Å². The Hall–Kier alpha value is -2.52. The monoisotopic (exact) mass is 394 g/mol. The Morgan fingerprint density at radius 2 is 2.07 bits per heavy atom. The molecule has 1 aliphatic rings. The van der Waals surface area contributed by atoms with E-state index in [9.17, 15) is 14.5 Å². The zero-order valence-corrected chi connectivity index (χ0v) is 15.8. The van der Waals surface area contributed by atoms with Crippen molar-refractivity contribution in [1.29, 1.82) is 0 Å². The summed E-state index contributed by atoms with van der Waals surface area (Å²) in [7, 11) is 3.86. The van der Waals surface area contributed by atoms with Gasteiger partial charge in [-0.25, -0.2) is 14.4 Å². The maximum absolute atomic E-state index is 13.3. The fraction of sp³-hybridized carbons (Fsp3) is 0.412. The van der Waals surface area contributed by atoms with Crippen LogP contribution >= 0.6 is 11.6 Å². The van der Waals surface area contributed by atoms with Crippen LogP contribution in [-0.2, 0) is 0 Å². The number of hydrogen-bond donors (Lipinski definition) is 1. The average Bonchev–Trinajstić information content (AvgIpc) is 2.64. The molecule has 1 fully saturated rings. The first-order valence-corrected chi connectivity index (χ1v) is 8.87. The molecule has 0 saturated carbocycles. The van der Waals surface area contributed by atoms with Gasteiger partial charge in [-0.1, -0.05) is 11.6 Å².